The van der Waals surface area contributed by atoms with E-state index in [2.05, 4.69) is 61.4 Å². The van der Waals surface area contributed by atoms with Gasteiger partial charge < -0.3 is 14.5 Å². The number of aromatic nitrogens is 2. The van der Waals surface area contributed by atoms with Gasteiger partial charge in [0.25, 0.3) is 5.91 Å². The van der Waals surface area contributed by atoms with Crippen LogP contribution in [0.3, 0.4) is 0 Å². The molecule has 0 aliphatic rings. The summed E-state index contributed by atoms with van der Waals surface area (Å²) in [5.74, 6) is 1.39. The normalized spacial score (nSPS) is 11.4. The van der Waals surface area contributed by atoms with E-state index in [9.17, 15) is 4.79 Å². The molecule has 0 bridgehead atoms. The van der Waals surface area contributed by atoms with Gasteiger partial charge in [0.2, 0.25) is 11.8 Å². The number of benzene rings is 3. The third-order valence-corrected chi connectivity index (χ3v) is 5.99. The van der Waals surface area contributed by atoms with Crippen molar-refractivity contribution in [1.82, 2.24) is 10.2 Å². The fraction of sp³-hybridized carbons (Fsp3) is 0.276. The zero-order valence-electron chi connectivity index (χ0n) is 21.1. The van der Waals surface area contributed by atoms with Crippen molar-refractivity contribution in [3.8, 4) is 28.7 Å². The molecule has 1 aromatic heterocycles. The fourth-order valence-electron chi connectivity index (χ4n) is 3.70. The molecule has 35 heavy (non-hydrogen) atoms. The fourth-order valence-corrected chi connectivity index (χ4v) is 3.70. The molecule has 4 aromatic rings. The number of aryl methyl sites for hydroxylation is 3. The molecule has 0 atom stereocenters. The Morgan fingerprint density at radius 3 is 1.94 bits per heavy atom. The summed E-state index contributed by atoms with van der Waals surface area (Å²) in [6.07, 6.45) is 0. The number of rotatable bonds is 6. The molecule has 0 saturated carbocycles. The Morgan fingerprint density at radius 1 is 0.829 bits per heavy atom. The smallest absolute Gasteiger partial charge is 0.262 e. The average molecular weight is 470 g/mol. The molecule has 0 unspecified atom stereocenters. The first kappa shape index (κ1) is 24.2. The zero-order chi connectivity index (χ0) is 25.2. The lowest BCUT2D eigenvalue weighted by Gasteiger charge is -2.18. The number of nitrogens with zero attached hydrogens (tertiary/aromatic N) is 2. The summed E-state index contributed by atoms with van der Waals surface area (Å²) in [5.41, 5.74) is 6.98. The van der Waals surface area contributed by atoms with E-state index < -0.39 is 0 Å². The van der Waals surface area contributed by atoms with E-state index in [4.69, 9.17) is 9.15 Å². The van der Waals surface area contributed by atoms with Gasteiger partial charge in [-0.05, 0) is 90.9 Å². The van der Waals surface area contributed by atoms with E-state index >= 15 is 0 Å². The number of carbonyl (C=O) groups is 1. The number of hydrogen-bond donors (Lipinski definition) is 1. The van der Waals surface area contributed by atoms with Crippen molar-refractivity contribution >= 4 is 11.6 Å². The molecular formula is C29H31N3O3. The van der Waals surface area contributed by atoms with Crippen molar-refractivity contribution < 1.29 is 13.9 Å². The molecule has 0 radical (unpaired) electrons. The van der Waals surface area contributed by atoms with Crippen molar-refractivity contribution in [2.24, 2.45) is 0 Å². The molecule has 0 saturated heterocycles. The zero-order valence-corrected chi connectivity index (χ0v) is 21.1. The second-order valence-electron chi connectivity index (χ2n) is 9.86. The van der Waals surface area contributed by atoms with Crippen LogP contribution in [0.15, 0.2) is 65.1 Å². The van der Waals surface area contributed by atoms with Gasteiger partial charge in [0.15, 0.2) is 6.61 Å². The number of carbonyl (C=O) groups excluding carboxylic acids is 1. The largest absolute Gasteiger partial charge is 0.483 e. The minimum absolute atomic E-state index is 0.0634. The first-order valence-corrected chi connectivity index (χ1v) is 11.7. The summed E-state index contributed by atoms with van der Waals surface area (Å²) in [6, 6.07) is 19.5. The molecule has 0 spiro atoms. The molecule has 1 N–H and O–H groups in total. The monoisotopic (exact) mass is 469 g/mol. The lowest BCUT2D eigenvalue weighted by molar-refractivity contribution is -0.118. The Bertz CT molecular complexity index is 1330. The number of nitrogens with one attached hydrogen (secondary N) is 1. The Kier molecular flexibility index (Phi) is 6.74. The van der Waals surface area contributed by atoms with Crippen LogP contribution in [0.4, 0.5) is 5.69 Å². The van der Waals surface area contributed by atoms with Crippen LogP contribution >= 0.6 is 0 Å². The molecule has 0 fully saturated rings. The molecular weight excluding hydrogens is 438 g/mol. The lowest BCUT2D eigenvalue weighted by atomic mass is 9.87. The Hall–Kier alpha value is -3.93. The highest BCUT2D eigenvalue weighted by Crippen LogP contribution is 2.28. The molecule has 180 valence electrons. The maximum Gasteiger partial charge on any atom is 0.262 e. The minimum Gasteiger partial charge on any atom is -0.483 e. The molecule has 4 rings (SSSR count). The number of anilines is 1. The maximum atomic E-state index is 12.4. The van der Waals surface area contributed by atoms with Crippen LogP contribution in [-0.2, 0) is 10.2 Å². The van der Waals surface area contributed by atoms with Gasteiger partial charge in [0.1, 0.15) is 5.75 Å². The summed E-state index contributed by atoms with van der Waals surface area (Å²) >= 11 is 0. The molecule has 6 heteroatoms. The van der Waals surface area contributed by atoms with Crippen LogP contribution in [0.25, 0.3) is 22.9 Å². The van der Waals surface area contributed by atoms with E-state index in [-0.39, 0.29) is 17.9 Å². The van der Waals surface area contributed by atoms with Crippen molar-refractivity contribution in [3.63, 3.8) is 0 Å². The first-order valence-electron chi connectivity index (χ1n) is 11.7. The van der Waals surface area contributed by atoms with Gasteiger partial charge >= 0.3 is 0 Å². The van der Waals surface area contributed by atoms with Crippen molar-refractivity contribution in [3.05, 3.63) is 82.9 Å². The molecule has 3 aromatic carbocycles. The third kappa shape index (κ3) is 5.77. The second-order valence-corrected chi connectivity index (χ2v) is 9.86. The second kappa shape index (κ2) is 9.74. The van der Waals surface area contributed by atoms with Crippen LogP contribution in [0.1, 0.15) is 43.0 Å². The molecule has 0 aliphatic heterocycles. The summed E-state index contributed by atoms with van der Waals surface area (Å²) in [4.78, 5) is 12.4. The number of hydrogen-bond acceptors (Lipinski definition) is 5. The van der Waals surface area contributed by atoms with Crippen LogP contribution < -0.4 is 10.1 Å². The van der Waals surface area contributed by atoms with E-state index in [1.165, 1.54) is 11.1 Å². The van der Waals surface area contributed by atoms with E-state index in [1.807, 2.05) is 44.2 Å². The first-order chi connectivity index (χ1) is 16.6. The predicted molar refractivity (Wildman–Crippen MR) is 139 cm³/mol. The van der Waals surface area contributed by atoms with Crippen LogP contribution in [-0.4, -0.2) is 22.7 Å². The summed E-state index contributed by atoms with van der Waals surface area (Å²) < 4.78 is 11.6. The number of ether oxygens (including phenoxy) is 1. The van der Waals surface area contributed by atoms with E-state index in [0.29, 0.717) is 17.5 Å². The van der Waals surface area contributed by atoms with Crippen LogP contribution in [0, 0.1) is 20.8 Å². The van der Waals surface area contributed by atoms with Gasteiger partial charge in [-0.1, -0.05) is 39.0 Å². The van der Waals surface area contributed by atoms with Crippen molar-refractivity contribution in [2.75, 3.05) is 11.9 Å². The molecule has 6 nitrogen and oxygen atoms in total. The Balaban J connectivity index is 1.37. The Morgan fingerprint density at radius 2 is 1.37 bits per heavy atom. The third-order valence-electron chi connectivity index (χ3n) is 5.99. The predicted octanol–water partition coefficient (Wildman–Crippen LogP) is 6.64. The summed E-state index contributed by atoms with van der Waals surface area (Å²) in [6.45, 7) is 12.5. The average Bonchev–Trinajstić information content (AvgIpc) is 3.31. The molecule has 0 aliphatic carbocycles. The van der Waals surface area contributed by atoms with Crippen molar-refractivity contribution in [2.45, 2.75) is 47.0 Å². The molecule has 1 heterocycles. The van der Waals surface area contributed by atoms with Gasteiger partial charge in [-0.25, -0.2) is 0 Å². The van der Waals surface area contributed by atoms with Gasteiger partial charge in [-0.3, -0.25) is 4.79 Å². The maximum absolute atomic E-state index is 12.4. The number of amides is 1. The lowest BCUT2D eigenvalue weighted by Crippen LogP contribution is -2.20. The van der Waals surface area contributed by atoms with Crippen molar-refractivity contribution in [1.29, 1.82) is 0 Å². The van der Waals surface area contributed by atoms with E-state index in [0.717, 1.165) is 28.0 Å². The Labute approximate surface area is 206 Å². The van der Waals surface area contributed by atoms with Gasteiger partial charge in [-0.15, -0.1) is 10.2 Å². The van der Waals surface area contributed by atoms with Gasteiger partial charge in [-0.2, -0.15) is 0 Å². The van der Waals surface area contributed by atoms with Crippen LogP contribution in [0.5, 0.6) is 5.75 Å². The summed E-state index contributed by atoms with van der Waals surface area (Å²) in [7, 11) is 0. The SMILES string of the molecule is Cc1cc(C)c(OCC(=O)Nc2ccc(-c3nnc(-c4ccc(C(C)(C)C)cc4)o3)cc2)cc1C. The standard InChI is InChI=1S/C29H31N3O3/c1-18-15-20(3)25(16-19(18)2)34-17-26(33)30-24-13-9-22(10-14-24)28-32-31-27(35-28)21-7-11-23(12-8-21)29(4,5)6/h7-16H,17H2,1-6H3,(H,30,33). The highest BCUT2D eigenvalue weighted by atomic mass is 16.5. The van der Waals surface area contributed by atoms with Crippen LogP contribution in [0.2, 0.25) is 0 Å². The van der Waals surface area contributed by atoms with Gasteiger partial charge in [0, 0.05) is 16.8 Å². The molecule has 1 amide bonds. The quantitative estimate of drug-likeness (QED) is 0.342. The highest BCUT2D eigenvalue weighted by molar-refractivity contribution is 5.92. The highest BCUT2D eigenvalue weighted by Gasteiger charge is 2.15. The van der Waals surface area contributed by atoms with E-state index in [1.54, 1.807) is 12.1 Å². The topological polar surface area (TPSA) is 77.2 Å². The summed E-state index contributed by atoms with van der Waals surface area (Å²) in [5, 5.41) is 11.2. The van der Waals surface area contributed by atoms with Gasteiger partial charge in [0.05, 0.1) is 0 Å². The minimum atomic E-state index is -0.228.